The largest absolute Gasteiger partial charge is 0.455 e. The number of fused-ring (bicyclic) bond motifs is 17. The summed E-state index contributed by atoms with van der Waals surface area (Å²) < 4.78 is 9.81. The average Bonchev–Trinajstić information content (AvgIpc) is 3.88. The van der Waals surface area contributed by atoms with Gasteiger partial charge in [0.1, 0.15) is 11.5 Å². The van der Waals surface area contributed by atoms with Gasteiger partial charge in [0.2, 0.25) is 0 Å². The molecule has 0 radical (unpaired) electrons. The summed E-state index contributed by atoms with van der Waals surface area (Å²) in [5.41, 5.74) is 12.6. The lowest BCUT2D eigenvalue weighted by atomic mass is 9.65. The lowest BCUT2D eigenvalue weighted by molar-refractivity contribution is 0.447. The van der Waals surface area contributed by atoms with E-state index >= 15 is 0 Å². The van der Waals surface area contributed by atoms with E-state index in [1.807, 2.05) is 11.3 Å². The van der Waals surface area contributed by atoms with Crippen LogP contribution >= 0.6 is 11.3 Å². The Morgan fingerprint density at radius 3 is 1.72 bits per heavy atom. The van der Waals surface area contributed by atoms with Gasteiger partial charge in [0.15, 0.2) is 0 Å². The Morgan fingerprint density at radius 1 is 0.359 bits per heavy atom. The van der Waals surface area contributed by atoms with Gasteiger partial charge >= 0.3 is 0 Å². The predicted molar refractivity (Wildman–Crippen MR) is 269 cm³/mol. The highest BCUT2D eigenvalue weighted by atomic mass is 32.1. The summed E-state index contributed by atoms with van der Waals surface area (Å²) in [6.45, 7) is 0. The highest BCUT2D eigenvalue weighted by Crippen LogP contribution is 2.64. The Labute approximate surface area is 374 Å². The molecule has 0 atom stereocenters. The third-order valence-corrected chi connectivity index (χ3v) is 15.1. The molecule has 2 aliphatic rings. The van der Waals surface area contributed by atoms with Crippen LogP contribution in [0.2, 0.25) is 0 Å². The number of benzene rings is 11. The predicted octanol–water partition coefficient (Wildman–Crippen LogP) is 17.1. The maximum absolute atomic E-state index is 7.23. The maximum Gasteiger partial charge on any atom is 0.140 e. The van der Waals surface area contributed by atoms with Crippen LogP contribution in [-0.4, -0.2) is 0 Å². The second-order valence-electron chi connectivity index (χ2n) is 17.1. The summed E-state index contributed by atoms with van der Waals surface area (Å²) in [6, 6.07) is 82.8. The fourth-order valence-corrected chi connectivity index (χ4v) is 12.3. The van der Waals surface area contributed by atoms with Crippen LogP contribution in [0.3, 0.4) is 0 Å². The van der Waals surface area contributed by atoms with Crippen molar-refractivity contribution in [3.63, 3.8) is 0 Å². The van der Waals surface area contributed by atoms with Gasteiger partial charge in [0.25, 0.3) is 0 Å². The van der Waals surface area contributed by atoms with Crippen LogP contribution in [0.4, 0.5) is 17.1 Å². The van der Waals surface area contributed by atoms with Gasteiger partial charge in [0.05, 0.1) is 21.5 Å². The zero-order valence-corrected chi connectivity index (χ0v) is 35.4. The molecule has 0 saturated heterocycles. The van der Waals surface area contributed by atoms with Gasteiger partial charge in [0, 0.05) is 48.4 Å². The molecule has 0 N–H and O–H groups in total. The molecular weight excluding hydrogens is 795 g/mol. The number of hydrogen-bond acceptors (Lipinski definition) is 3. The molecule has 1 aliphatic heterocycles. The third kappa shape index (κ3) is 4.90. The van der Waals surface area contributed by atoms with Gasteiger partial charge in [-0.15, -0.1) is 11.3 Å². The van der Waals surface area contributed by atoms with Crippen molar-refractivity contribution in [3.05, 3.63) is 247 Å². The van der Waals surface area contributed by atoms with Crippen LogP contribution in [0.15, 0.2) is 224 Å². The summed E-state index contributed by atoms with van der Waals surface area (Å²) in [5, 5.41) is 9.55. The molecule has 1 spiro atoms. The topological polar surface area (TPSA) is 12.5 Å². The fraction of sp³-hybridized carbons (Fsp3) is 0.0164. The van der Waals surface area contributed by atoms with Gasteiger partial charge in [-0.05, 0) is 92.0 Å². The van der Waals surface area contributed by atoms with E-state index in [0.717, 1.165) is 33.6 Å². The fourth-order valence-electron chi connectivity index (χ4n) is 11.1. The zero-order chi connectivity index (χ0) is 41.9. The minimum absolute atomic E-state index is 0.617. The number of rotatable bonds is 4. The average molecular weight is 832 g/mol. The standard InChI is InChI=1S/C61H37NOS/c1-2-17-43(18-3-1)62(56-26-13-23-49-48-22-9-11-27-57(48)64-60(49)56)55-25-12-16-40-28-29-41(36-50(40)55)42-30-33-47-46-21-8-10-24-51(46)61(54(47)37-42)52-34-31-38-14-4-6-19-44(38)58(52)63-59-45-20-7-5-15-39(45)32-35-53(59)61/h1-37H. The van der Waals surface area contributed by atoms with E-state index in [0.29, 0.717) is 0 Å². The van der Waals surface area contributed by atoms with Gasteiger partial charge in [-0.3, -0.25) is 0 Å². The summed E-state index contributed by atoms with van der Waals surface area (Å²) in [5.74, 6) is 1.86. The molecule has 298 valence electrons. The molecule has 0 amide bonds. The van der Waals surface area contributed by atoms with Crippen LogP contribution in [0, 0.1) is 0 Å². The second-order valence-corrected chi connectivity index (χ2v) is 18.2. The van der Waals surface area contributed by atoms with Crippen molar-refractivity contribution in [1.82, 2.24) is 0 Å². The van der Waals surface area contributed by atoms with E-state index in [4.69, 9.17) is 4.74 Å². The first-order valence-corrected chi connectivity index (χ1v) is 22.8. The van der Waals surface area contributed by atoms with E-state index in [1.165, 1.54) is 91.9 Å². The monoisotopic (exact) mass is 831 g/mol. The molecule has 12 aromatic rings. The van der Waals surface area contributed by atoms with Gasteiger partial charge in [-0.2, -0.15) is 0 Å². The number of thiophene rings is 1. The normalized spacial score (nSPS) is 13.2. The molecule has 64 heavy (non-hydrogen) atoms. The van der Waals surface area contributed by atoms with Crippen molar-refractivity contribution in [3.8, 4) is 33.8 Å². The molecule has 2 heterocycles. The maximum atomic E-state index is 7.23. The minimum Gasteiger partial charge on any atom is -0.455 e. The number of ether oxygens (including phenoxy) is 1. The van der Waals surface area contributed by atoms with Crippen LogP contribution in [0.1, 0.15) is 22.3 Å². The molecule has 2 nitrogen and oxygen atoms in total. The minimum atomic E-state index is -0.617. The van der Waals surface area contributed by atoms with Gasteiger partial charge < -0.3 is 9.64 Å². The molecule has 1 aromatic heterocycles. The molecule has 0 unspecified atom stereocenters. The Bertz CT molecular complexity index is 3820. The molecule has 0 fully saturated rings. The van der Waals surface area contributed by atoms with Crippen molar-refractivity contribution >= 4 is 80.9 Å². The van der Waals surface area contributed by atoms with Crippen LogP contribution in [0.5, 0.6) is 11.5 Å². The summed E-state index contributed by atoms with van der Waals surface area (Å²) in [4.78, 5) is 2.46. The van der Waals surface area contributed by atoms with Crippen LogP contribution < -0.4 is 9.64 Å². The highest BCUT2D eigenvalue weighted by Gasteiger charge is 2.52. The van der Waals surface area contributed by atoms with E-state index in [2.05, 4.69) is 229 Å². The third-order valence-electron chi connectivity index (χ3n) is 13.9. The summed E-state index contributed by atoms with van der Waals surface area (Å²) >= 11 is 1.87. The number of para-hydroxylation sites is 1. The highest BCUT2D eigenvalue weighted by molar-refractivity contribution is 7.26. The van der Waals surface area contributed by atoms with Crippen molar-refractivity contribution in [1.29, 1.82) is 0 Å². The van der Waals surface area contributed by atoms with E-state index in [-0.39, 0.29) is 0 Å². The summed E-state index contributed by atoms with van der Waals surface area (Å²) in [7, 11) is 0. The molecule has 0 saturated carbocycles. The molecule has 3 heteroatoms. The van der Waals surface area contributed by atoms with Crippen LogP contribution in [-0.2, 0) is 5.41 Å². The number of nitrogens with zero attached hydrogens (tertiary/aromatic N) is 1. The Hall–Kier alpha value is -7.98. The molecular formula is C61H37NOS. The molecule has 0 bridgehead atoms. The molecule has 1 aliphatic carbocycles. The number of anilines is 3. The van der Waals surface area contributed by atoms with E-state index in [1.54, 1.807) is 0 Å². The Morgan fingerprint density at radius 2 is 0.922 bits per heavy atom. The van der Waals surface area contributed by atoms with E-state index in [9.17, 15) is 0 Å². The van der Waals surface area contributed by atoms with Crippen molar-refractivity contribution < 1.29 is 4.74 Å². The number of hydrogen-bond donors (Lipinski definition) is 0. The first kappa shape index (κ1) is 35.6. The summed E-state index contributed by atoms with van der Waals surface area (Å²) in [6.07, 6.45) is 0. The molecule has 14 rings (SSSR count). The smallest absolute Gasteiger partial charge is 0.140 e. The lowest BCUT2D eigenvalue weighted by Crippen LogP contribution is -2.32. The van der Waals surface area contributed by atoms with Gasteiger partial charge in [-0.1, -0.05) is 182 Å². The second kappa shape index (κ2) is 13.5. The SMILES string of the molecule is c1ccc(N(c2cccc3ccc(-c4ccc5c(c4)C4(c6ccccc6-5)c5ccc6ccccc6c5Oc5c4ccc4ccccc54)cc23)c2cccc3c2sc2ccccc23)cc1. The van der Waals surface area contributed by atoms with Crippen LogP contribution in [0.25, 0.3) is 74.7 Å². The van der Waals surface area contributed by atoms with Crippen molar-refractivity contribution in [2.45, 2.75) is 5.41 Å². The first-order valence-electron chi connectivity index (χ1n) is 22.0. The Kier molecular flexibility index (Phi) is 7.51. The van der Waals surface area contributed by atoms with Crippen molar-refractivity contribution in [2.75, 3.05) is 4.90 Å². The van der Waals surface area contributed by atoms with Gasteiger partial charge in [-0.25, -0.2) is 0 Å². The Balaban J connectivity index is 1.02. The quantitative estimate of drug-likeness (QED) is 0.175. The van der Waals surface area contributed by atoms with E-state index < -0.39 is 5.41 Å². The first-order chi connectivity index (χ1) is 31.7. The molecule has 11 aromatic carbocycles. The van der Waals surface area contributed by atoms with Crippen molar-refractivity contribution in [2.24, 2.45) is 0 Å². The lowest BCUT2D eigenvalue weighted by Gasteiger charge is -2.40. The zero-order valence-electron chi connectivity index (χ0n) is 34.6.